The van der Waals surface area contributed by atoms with E-state index >= 15 is 0 Å². The molecule has 0 spiro atoms. The zero-order valence-electron chi connectivity index (χ0n) is 26.6. The molecule has 2 aliphatic heterocycles. The Labute approximate surface area is 266 Å². The molecule has 2 saturated heterocycles. The molecule has 1 amide bonds. The molecule has 0 aliphatic carbocycles. The van der Waals surface area contributed by atoms with Gasteiger partial charge in [0.1, 0.15) is 5.82 Å². The summed E-state index contributed by atoms with van der Waals surface area (Å²) >= 11 is 0. The van der Waals surface area contributed by atoms with E-state index in [9.17, 15) is 13.2 Å². The van der Waals surface area contributed by atoms with E-state index in [1.165, 1.54) is 6.08 Å². The number of aromatic nitrogens is 2. The number of piperidine rings is 1. The van der Waals surface area contributed by atoms with Crippen LogP contribution in [0.5, 0.6) is 0 Å². The summed E-state index contributed by atoms with van der Waals surface area (Å²) in [4.78, 5) is 29.1. The largest absolute Gasteiger partial charge is 0.370 e. The van der Waals surface area contributed by atoms with Gasteiger partial charge in [-0.3, -0.25) is 9.69 Å². The number of benzene rings is 2. The molecule has 0 atom stereocenters. The molecule has 0 bridgehead atoms. The average Bonchev–Trinajstić information content (AvgIpc) is 3.03. The number of sulfone groups is 1. The lowest BCUT2D eigenvalue weighted by Gasteiger charge is -2.43. The molecule has 5 rings (SSSR count). The summed E-state index contributed by atoms with van der Waals surface area (Å²) in [6.45, 7) is 15.1. The van der Waals surface area contributed by atoms with Crippen molar-refractivity contribution in [1.29, 1.82) is 0 Å². The third-order valence-electron chi connectivity index (χ3n) is 8.59. The highest BCUT2D eigenvalue weighted by atomic mass is 32.2. The minimum absolute atomic E-state index is 0.221. The summed E-state index contributed by atoms with van der Waals surface area (Å²) in [5.41, 5.74) is 3.55. The van der Waals surface area contributed by atoms with Gasteiger partial charge in [-0.15, -0.1) is 0 Å². The number of hydrogen-bond acceptors (Lipinski definition) is 10. The topological polar surface area (TPSA) is 123 Å². The fourth-order valence-corrected chi connectivity index (χ4v) is 6.99. The van der Waals surface area contributed by atoms with Gasteiger partial charge in [0.05, 0.1) is 27.2 Å². The molecule has 11 nitrogen and oxygen atoms in total. The van der Waals surface area contributed by atoms with E-state index in [0.29, 0.717) is 34.9 Å². The first kappa shape index (κ1) is 32.4. The van der Waals surface area contributed by atoms with Gasteiger partial charge in [0.25, 0.3) is 0 Å². The number of para-hydroxylation sites is 1. The fourth-order valence-electron chi connectivity index (χ4n) is 5.79. The first-order chi connectivity index (χ1) is 21.5. The predicted octanol–water partition coefficient (Wildman–Crippen LogP) is 4.80. The first-order valence-corrected chi connectivity index (χ1v) is 17.1. The van der Waals surface area contributed by atoms with Gasteiger partial charge in [0.2, 0.25) is 11.9 Å². The smallest absolute Gasteiger partial charge is 0.247 e. The summed E-state index contributed by atoms with van der Waals surface area (Å²) in [7, 11) is -1.33. The van der Waals surface area contributed by atoms with Crippen molar-refractivity contribution in [2.24, 2.45) is 0 Å². The number of rotatable bonds is 10. The van der Waals surface area contributed by atoms with Crippen LogP contribution in [-0.2, 0) is 14.6 Å². The molecule has 3 aromatic rings. The van der Waals surface area contributed by atoms with Crippen molar-refractivity contribution in [3.63, 3.8) is 0 Å². The predicted molar refractivity (Wildman–Crippen MR) is 182 cm³/mol. The number of anilines is 6. The van der Waals surface area contributed by atoms with Gasteiger partial charge >= 0.3 is 0 Å². The van der Waals surface area contributed by atoms with Crippen LogP contribution in [0, 0.1) is 6.92 Å². The normalized spacial score (nSPS) is 16.9. The number of hydrogen-bond donors (Lipinski definition) is 3. The third kappa shape index (κ3) is 7.63. The van der Waals surface area contributed by atoms with E-state index in [-0.39, 0.29) is 10.8 Å². The maximum Gasteiger partial charge on any atom is 0.247 e. The summed E-state index contributed by atoms with van der Waals surface area (Å²) in [6.07, 6.45) is 5.10. The van der Waals surface area contributed by atoms with Crippen LogP contribution < -0.4 is 20.9 Å². The van der Waals surface area contributed by atoms with Crippen molar-refractivity contribution in [1.82, 2.24) is 19.8 Å². The van der Waals surface area contributed by atoms with Gasteiger partial charge in [0.15, 0.2) is 9.84 Å². The van der Waals surface area contributed by atoms with Crippen molar-refractivity contribution >= 4 is 50.3 Å². The van der Waals surface area contributed by atoms with Gasteiger partial charge in [-0.1, -0.05) is 18.7 Å². The number of carbonyl (C=O) groups excluding carboxylic acids is 1. The Balaban J connectivity index is 1.34. The fraction of sp³-hybridized carbons (Fsp3) is 0.424. The second kappa shape index (κ2) is 14.0. The third-order valence-corrected chi connectivity index (χ3v) is 10.8. The molecule has 1 aromatic heterocycles. The number of aryl methyl sites for hydroxylation is 1. The molecule has 2 aromatic carbocycles. The van der Waals surface area contributed by atoms with E-state index in [1.54, 1.807) is 44.3 Å². The number of nitrogens with zero attached hydrogens (tertiary/aromatic N) is 5. The molecule has 0 unspecified atom stereocenters. The Hall–Kier alpha value is -4.00. The van der Waals surface area contributed by atoms with Crippen LogP contribution in [0.3, 0.4) is 0 Å². The van der Waals surface area contributed by atoms with Crippen LogP contribution in [0.1, 0.15) is 32.3 Å². The number of amides is 1. The first-order valence-electron chi connectivity index (χ1n) is 15.5. The van der Waals surface area contributed by atoms with Crippen molar-refractivity contribution in [3.8, 4) is 0 Å². The van der Waals surface area contributed by atoms with Crippen LogP contribution in [-0.4, -0.2) is 91.7 Å². The molecule has 240 valence electrons. The second-order valence-electron chi connectivity index (χ2n) is 12.0. The Morgan fingerprint density at radius 2 is 1.71 bits per heavy atom. The van der Waals surface area contributed by atoms with E-state index < -0.39 is 15.1 Å². The Morgan fingerprint density at radius 3 is 2.40 bits per heavy atom. The highest BCUT2D eigenvalue weighted by molar-refractivity contribution is 7.92. The SMILES string of the molecule is C=CC(=O)Nc1cc(Nc2ncc(C)c(Nc3ccccc3S(=O)(=O)C(C)C)n2)ccc1N1CCC(N2CCN(C)CC2)CC1. The molecule has 12 heteroatoms. The Morgan fingerprint density at radius 1 is 1.00 bits per heavy atom. The van der Waals surface area contributed by atoms with Gasteiger partial charge < -0.3 is 25.8 Å². The summed E-state index contributed by atoms with van der Waals surface area (Å²) in [6, 6.07) is 13.2. The zero-order chi connectivity index (χ0) is 32.1. The maximum atomic E-state index is 13.0. The summed E-state index contributed by atoms with van der Waals surface area (Å²) in [5, 5.41) is 8.87. The standard InChI is InChI=1S/C33H44N8O3S/c1-6-31(42)36-28-21-25(11-12-29(28)41-15-13-26(14-16-41)40-19-17-39(5)18-20-40)35-33-34-22-24(4)32(38-33)37-27-9-7-8-10-30(27)45(43,44)23(2)3/h6-12,21-23,26H,1,13-20H2,2-5H3,(H,36,42)(H2,34,35,37,38). The quantitative estimate of drug-likeness (QED) is 0.269. The Bertz CT molecular complexity index is 1630. The van der Waals surface area contributed by atoms with Crippen molar-refractivity contribution in [2.75, 3.05) is 67.2 Å². The molecular formula is C33H44N8O3S. The minimum Gasteiger partial charge on any atom is -0.370 e. The number of piperazine rings is 1. The van der Waals surface area contributed by atoms with Crippen LogP contribution in [0.25, 0.3) is 0 Å². The Kier molecular flexibility index (Phi) is 10.1. The lowest BCUT2D eigenvalue weighted by atomic mass is 10.0. The number of likely N-dealkylation sites (N-methyl/N-ethyl adjacent to an activating group) is 1. The molecule has 0 radical (unpaired) electrons. The van der Waals surface area contributed by atoms with Gasteiger partial charge in [-0.05, 0) is 77.1 Å². The van der Waals surface area contributed by atoms with Crippen LogP contribution in [0.2, 0.25) is 0 Å². The van der Waals surface area contributed by atoms with Crippen LogP contribution in [0.4, 0.5) is 34.5 Å². The van der Waals surface area contributed by atoms with Crippen molar-refractivity contribution in [3.05, 3.63) is 66.9 Å². The molecule has 45 heavy (non-hydrogen) atoms. The van der Waals surface area contributed by atoms with E-state index in [4.69, 9.17) is 0 Å². The molecule has 2 fully saturated rings. The van der Waals surface area contributed by atoms with Gasteiger partial charge in [-0.2, -0.15) is 4.98 Å². The number of carbonyl (C=O) groups is 1. The van der Waals surface area contributed by atoms with E-state index in [1.807, 2.05) is 25.1 Å². The van der Waals surface area contributed by atoms with E-state index in [0.717, 1.165) is 63.4 Å². The highest BCUT2D eigenvalue weighted by Gasteiger charge is 2.28. The average molecular weight is 633 g/mol. The van der Waals surface area contributed by atoms with Gasteiger partial charge in [-0.25, -0.2) is 13.4 Å². The van der Waals surface area contributed by atoms with Crippen molar-refractivity contribution in [2.45, 2.75) is 49.8 Å². The molecule has 3 N–H and O–H groups in total. The zero-order valence-corrected chi connectivity index (χ0v) is 27.4. The molecule has 0 saturated carbocycles. The lowest BCUT2D eigenvalue weighted by Crippen LogP contribution is -2.52. The number of nitrogens with one attached hydrogen (secondary N) is 3. The second-order valence-corrected chi connectivity index (χ2v) is 14.5. The van der Waals surface area contributed by atoms with Gasteiger partial charge in [0, 0.05) is 62.8 Å². The summed E-state index contributed by atoms with van der Waals surface area (Å²) in [5.74, 6) is 0.529. The maximum absolute atomic E-state index is 13.0. The molecule has 3 heterocycles. The van der Waals surface area contributed by atoms with Crippen LogP contribution in [0.15, 0.2) is 66.2 Å². The van der Waals surface area contributed by atoms with Crippen molar-refractivity contribution < 1.29 is 13.2 Å². The van der Waals surface area contributed by atoms with Crippen LogP contribution >= 0.6 is 0 Å². The lowest BCUT2D eigenvalue weighted by molar-refractivity contribution is -0.111. The summed E-state index contributed by atoms with van der Waals surface area (Å²) < 4.78 is 26.0. The monoisotopic (exact) mass is 632 g/mol. The highest BCUT2D eigenvalue weighted by Crippen LogP contribution is 2.34. The van der Waals surface area contributed by atoms with E-state index in [2.05, 4.69) is 54.2 Å². The minimum atomic E-state index is -3.51. The molecular weight excluding hydrogens is 588 g/mol. The molecule has 2 aliphatic rings.